The smallest absolute Gasteiger partial charge is 0.240 e. The highest BCUT2D eigenvalue weighted by atomic mass is 32.1. The van der Waals surface area contributed by atoms with Gasteiger partial charge in [-0.25, -0.2) is 0 Å². The van der Waals surface area contributed by atoms with E-state index in [1.807, 2.05) is 24.4 Å². The summed E-state index contributed by atoms with van der Waals surface area (Å²) in [6, 6.07) is 3.05. The molecule has 4 N–H and O–H groups in total. The molecule has 0 radical (unpaired) electrons. The van der Waals surface area contributed by atoms with Gasteiger partial charge in [0.15, 0.2) is 0 Å². The average Bonchev–Trinajstić information content (AvgIpc) is 2.76. The van der Waals surface area contributed by atoms with E-state index in [0.717, 1.165) is 4.88 Å². The number of nitrogens with two attached hydrogens (primary N) is 2. The normalized spacial score (nSPS) is 12.1. The van der Waals surface area contributed by atoms with Crippen molar-refractivity contribution in [1.82, 2.24) is 4.90 Å². The molecule has 0 spiro atoms. The molecule has 1 unspecified atom stereocenters. The van der Waals surface area contributed by atoms with Gasteiger partial charge in [-0.2, -0.15) is 0 Å². The highest BCUT2D eigenvalue weighted by Crippen LogP contribution is 2.12. The fourth-order valence-corrected chi connectivity index (χ4v) is 2.19. The topological polar surface area (TPSA) is 89.4 Å². The summed E-state index contributed by atoms with van der Waals surface area (Å²) < 4.78 is 0. The molecule has 1 aromatic rings. The van der Waals surface area contributed by atoms with Crippen molar-refractivity contribution in [3.63, 3.8) is 0 Å². The Hall–Kier alpha value is -1.40. The number of carbonyl (C=O) groups is 2. The van der Waals surface area contributed by atoms with E-state index in [4.69, 9.17) is 11.5 Å². The van der Waals surface area contributed by atoms with Gasteiger partial charge >= 0.3 is 0 Å². The van der Waals surface area contributed by atoms with E-state index in [-0.39, 0.29) is 12.3 Å². The molecule has 94 valence electrons. The number of hydrogen-bond donors (Lipinski definition) is 2. The molecule has 1 rings (SSSR count). The van der Waals surface area contributed by atoms with Crippen LogP contribution >= 0.6 is 11.3 Å². The molecule has 0 aromatic carbocycles. The molecule has 1 heterocycles. The van der Waals surface area contributed by atoms with Gasteiger partial charge in [0.05, 0.1) is 19.0 Å². The largest absolute Gasteiger partial charge is 0.370 e. The summed E-state index contributed by atoms with van der Waals surface area (Å²) in [6.45, 7) is 2.96. The number of nitrogens with zero attached hydrogens (tertiary/aromatic N) is 1. The molecular formula is C11H17N3O2S. The molecule has 5 nitrogen and oxygen atoms in total. The summed E-state index contributed by atoms with van der Waals surface area (Å²) in [5, 5.41) is 1.96. The number of primary amides is 1. The van der Waals surface area contributed by atoms with E-state index in [2.05, 4.69) is 0 Å². The summed E-state index contributed by atoms with van der Waals surface area (Å²) in [5.41, 5.74) is 10.7. The summed E-state index contributed by atoms with van der Waals surface area (Å²) in [7, 11) is 0. The van der Waals surface area contributed by atoms with Gasteiger partial charge in [0.2, 0.25) is 11.8 Å². The van der Waals surface area contributed by atoms with E-state index in [1.165, 1.54) is 0 Å². The van der Waals surface area contributed by atoms with Crippen molar-refractivity contribution in [1.29, 1.82) is 0 Å². The average molecular weight is 255 g/mol. The van der Waals surface area contributed by atoms with Crippen molar-refractivity contribution in [2.24, 2.45) is 11.5 Å². The van der Waals surface area contributed by atoms with Gasteiger partial charge in [0, 0.05) is 11.4 Å². The first-order valence-electron chi connectivity index (χ1n) is 5.39. The quantitative estimate of drug-likeness (QED) is 0.766. The molecule has 0 saturated heterocycles. The second-order valence-electron chi connectivity index (χ2n) is 3.71. The summed E-state index contributed by atoms with van der Waals surface area (Å²) in [6.07, 6.45) is -0.111. The molecule has 6 heteroatoms. The molecule has 0 saturated carbocycles. The fraction of sp³-hybridized carbons (Fsp3) is 0.455. The number of rotatable bonds is 6. The zero-order chi connectivity index (χ0) is 12.8. The van der Waals surface area contributed by atoms with Crippen LogP contribution in [0.15, 0.2) is 17.5 Å². The molecule has 0 aliphatic rings. The first-order valence-corrected chi connectivity index (χ1v) is 6.27. The minimum atomic E-state index is -0.840. The van der Waals surface area contributed by atoms with Gasteiger partial charge in [-0.15, -0.1) is 11.3 Å². The minimum absolute atomic E-state index is 0.111. The number of thiophene rings is 1. The lowest BCUT2D eigenvalue weighted by Crippen LogP contribution is -2.45. The Morgan fingerprint density at radius 3 is 2.71 bits per heavy atom. The van der Waals surface area contributed by atoms with Gasteiger partial charge in [-0.1, -0.05) is 6.07 Å². The molecule has 0 bridgehead atoms. The van der Waals surface area contributed by atoms with E-state index in [0.29, 0.717) is 13.1 Å². The third-order valence-electron chi connectivity index (χ3n) is 2.36. The van der Waals surface area contributed by atoms with Crippen molar-refractivity contribution in [2.75, 3.05) is 6.54 Å². The first-order chi connectivity index (χ1) is 8.04. The van der Waals surface area contributed by atoms with Crippen LogP contribution in [-0.2, 0) is 16.1 Å². The Morgan fingerprint density at radius 1 is 1.53 bits per heavy atom. The molecule has 0 aliphatic carbocycles. The Bertz CT molecular complexity index is 378. The van der Waals surface area contributed by atoms with Crippen LogP contribution in [0.3, 0.4) is 0 Å². The molecule has 1 atom stereocenters. The number of likely N-dealkylation sites (N-methyl/N-ethyl adjacent to an activating group) is 1. The maximum atomic E-state index is 11.9. The van der Waals surface area contributed by atoms with Gasteiger partial charge < -0.3 is 16.4 Å². The maximum Gasteiger partial charge on any atom is 0.240 e. The monoisotopic (exact) mass is 255 g/mol. The zero-order valence-electron chi connectivity index (χ0n) is 9.76. The molecule has 0 fully saturated rings. The molecule has 0 aliphatic heterocycles. The number of hydrogen-bond acceptors (Lipinski definition) is 4. The lowest BCUT2D eigenvalue weighted by atomic mass is 10.2. The standard InChI is InChI=1S/C11H17N3O2S/c1-2-14(7-8-4-3-5-17-8)11(16)9(12)6-10(13)15/h3-5,9H,2,6-7,12H2,1H3,(H2,13,15). The third kappa shape index (κ3) is 4.16. The summed E-state index contributed by atoms with van der Waals surface area (Å²) in [4.78, 5) is 25.4. The minimum Gasteiger partial charge on any atom is -0.370 e. The van der Waals surface area contributed by atoms with Crippen LogP contribution in [0.4, 0.5) is 0 Å². The maximum absolute atomic E-state index is 11.9. The molecule has 1 aromatic heterocycles. The van der Waals surface area contributed by atoms with Gasteiger partial charge in [0.1, 0.15) is 0 Å². The third-order valence-corrected chi connectivity index (χ3v) is 3.22. The van der Waals surface area contributed by atoms with Crippen LogP contribution in [0.1, 0.15) is 18.2 Å². The van der Waals surface area contributed by atoms with Crippen LogP contribution < -0.4 is 11.5 Å². The van der Waals surface area contributed by atoms with Gasteiger partial charge in [-0.3, -0.25) is 9.59 Å². The molecule has 2 amide bonds. The highest BCUT2D eigenvalue weighted by molar-refractivity contribution is 7.09. The van der Waals surface area contributed by atoms with Gasteiger partial charge in [0.25, 0.3) is 0 Å². The van der Waals surface area contributed by atoms with Crippen LogP contribution in [0.5, 0.6) is 0 Å². The Labute approximate surface area is 104 Å². The van der Waals surface area contributed by atoms with Crippen molar-refractivity contribution in [3.05, 3.63) is 22.4 Å². The summed E-state index contributed by atoms with van der Waals surface area (Å²) in [5.74, 6) is -0.794. The Kier molecular flexibility index (Phi) is 5.11. The highest BCUT2D eigenvalue weighted by Gasteiger charge is 2.21. The van der Waals surface area contributed by atoms with Crippen molar-refractivity contribution >= 4 is 23.2 Å². The predicted molar refractivity (Wildman–Crippen MR) is 67.2 cm³/mol. The number of carbonyl (C=O) groups excluding carboxylic acids is 2. The second-order valence-corrected chi connectivity index (χ2v) is 4.74. The van der Waals surface area contributed by atoms with Crippen LogP contribution in [0, 0.1) is 0 Å². The van der Waals surface area contributed by atoms with Crippen LogP contribution in [-0.4, -0.2) is 29.3 Å². The van der Waals surface area contributed by atoms with Crippen molar-refractivity contribution in [3.8, 4) is 0 Å². The predicted octanol–water partition coefficient (Wildman–Crippen LogP) is 0.299. The van der Waals surface area contributed by atoms with E-state index < -0.39 is 11.9 Å². The zero-order valence-corrected chi connectivity index (χ0v) is 10.6. The van der Waals surface area contributed by atoms with E-state index >= 15 is 0 Å². The SMILES string of the molecule is CCN(Cc1cccs1)C(=O)C(N)CC(N)=O. The summed E-state index contributed by atoms with van der Waals surface area (Å²) >= 11 is 1.58. The van der Waals surface area contributed by atoms with E-state index in [1.54, 1.807) is 16.2 Å². The van der Waals surface area contributed by atoms with Crippen molar-refractivity contribution in [2.45, 2.75) is 25.9 Å². The molecule has 17 heavy (non-hydrogen) atoms. The second kappa shape index (κ2) is 6.36. The van der Waals surface area contributed by atoms with Gasteiger partial charge in [-0.05, 0) is 18.4 Å². The number of amides is 2. The lowest BCUT2D eigenvalue weighted by molar-refractivity contribution is -0.135. The first kappa shape index (κ1) is 13.7. The Balaban J connectivity index is 2.60. The molecular weight excluding hydrogens is 238 g/mol. The van der Waals surface area contributed by atoms with Crippen molar-refractivity contribution < 1.29 is 9.59 Å². The lowest BCUT2D eigenvalue weighted by Gasteiger charge is -2.23. The van der Waals surface area contributed by atoms with Crippen LogP contribution in [0.2, 0.25) is 0 Å². The Morgan fingerprint density at radius 2 is 2.24 bits per heavy atom. The van der Waals surface area contributed by atoms with E-state index in [9.17, 15) is 9.59 Å². The van der Waals surface area contributed by atoms with Crippen LogP contribution in [0.25, 0.3) is 0 Å². The fourth-order valence-electron chi connectivity index (χ4n) is 1.47.